The van der Waals surface area contributed by atoms with Crippen molar-refractivity contribution in [3.8, 4) is 5.75 Å². The first-order valence-electron chi connectivity index (χ1n) is 8.63. The number of carbonyl (C=O) groups is 2. The van der Waals surface area contributed by atoms with Gasteiger partial charge < -0.3 is 13.5 Å². The molecule has 0 aromatic heterocycles. The summed E-state index contributed by atoms with van der Waals surface area (Å²) in [7, 11) is -11.2. The number of hydrogen-bond donors (Lipinski definition) is 0. The third-order valence-corrected chi connectivity index (χ3v) is 6.31. The van der Waals surface area contributed by atoms with Gasteiger partial charge >= 0.3 is 33.0 Å². The van der Waals surface area contributed by atoms with Gasteiger partial charge in [-0.15, -0.1) is 0 Å². The van der Waals surface area contributed by atoms with Gasteiger partial charge in [0.25, 0.3) is 0 Å². The summed E-state index contributed by atoms with van der Waals surface area (Å²) in [6, 6.07) is 2.00. The number of halogens is 2. The fourth-order valence-corrected chi connectivity index (χ4v) is 3.32. The smallest absolute Gasteiger partial charge is 0.346 e. The van der Waals surface area contributed by atoms with Gasteiger partial charge in [-0.3, -0.25) is 14.9 Å². The lowest BCUT2D eigenvalue weighted by Crippen LogP contribution is -2.31. The molecule has 32 heavy (non-hydrogen) atoms. The van der Waals surface area contributed by atoms with Crippen LogP contribution in [0.3, 0.4) is 0 Å². The summed E-state index contributed by atoms with van der Waals surface area (Å²) in [6.07, 6.45) is -1.63. The van der Waals surface area contributed by atoms with Gasteiger partial charge in [0.15, 0.2) is 10.1 Å². The fraction of sp³-hybridized carbons (Fsp3) is 0.500. The van der Waals surface area contributed by atoms with Crippen LogP contribution < -0.4 is 4.18 Å². The minimum atomic E-state index is -6.15. The molecule has 0 atom stereocenters. The van der Waals surface area contributed by atoms with E-state index in [-0.39, 0.29) is 0 Å². The van der Waals surface area contributed by atoms with Gasteiger partial charge in [0, 0.05) is 12.5 Å². The average Bonchev–Trinajstić information content (AvgIpc) is 2.65. The largest absolute Gasteiger partial charge is 0.743 e. The van der Waals surface area contributed by atoms with Crippen LogP contribution in [0, 0.1) is 15.5 Å². The molecular weight excluding hydrogens is 484 g/mol. The first-order valence-corrected chi connectivity index (χ1v) is 11.6. The predicted molar refractivity (Wildman–Crippen MR) is 101 cm³/mol. The Morgan fingerprint density at radius 1 is 1.16 bits per heavy atom. The Kier molecular flexibility index (Phi) is 8.04. The number of ether oxygens (including phenoxy) is 1. The zero-order valence-corrected chi connectivity index (χ0v) is 18.5. The lowest BCUT2D eigenvalue weighted by molar-refractivity contribution is -0.385. The first kappa shape index (κ1) is 27.3. The quantitative estimate of drug-likeness (QED) is 0.114. The Hall–Kier alpha value is -2.72. The maximum Gasteiger partial charge on any atom is 0.346 e. The standard InChI is InChI=1S/C16H19F2NO11S2/c1-4-15(2,3)14(21)29-13(20)10-5-6-12(11(9-10)19(22)23)30-31(24,25)8-7-16(17,18)32(26,27)28/h5-6,9H,4,7-8H2,1-3H3,(H,26,27,28)/p-1. The highest BCUT2D eigenvalue weighted by Crippen LogP contribution is 2.31. The number of esters is 2. The number of rotatable bonds is 10. The molecule has 12 nitrogen and oxygen atoms in total. The van der Waals surface area contributed by atoms with Gasteiger partial charge in [0.2, 0.25) is 5.75 Å². The van der Waals surface area contributed by atoms with E-state index in [9.17, 15) is 49.9 Å². The molecule has 0 fully saturated rings. The van der Waals surface area contributed by atoms with Gasteiger partial charge in [-0.2, -0.15) is 17.2 Å². The van der Waals surface area contributed by atoms with Crippen LogP contribution in [0.1, 0.15) is 44.0 Å². The molecule has 180 valence electrons. The molecule has 0 N–H and O–H groups in total. The average molecular weight is 502 g/mol. The Morgan fingerprint density at radius 3 is 2.19 bits per heavy atom. The number of benzene rings is 1. The molecule has 16 heteroatoms. The van der Waals surface area contributed by atoms with E-state index in [0.29, 0.717) is 18.6 Å². The predicted octanol–water partition coefficient (Wildman–Crippen LogP) is 1.95. The molecule has 0 saturated heterocycles. The molecule has 1 aromatic rings. The zero-order chi connectivity index (χ0) is 25.1. The SMILES string of the molecule is CCC(C)(C)C(=O)OC(=O)c1ccc(OS(=O)(=O)CCC(F)(F)S(=O)(=O)[O-])c([N+](=O)[O-])c1. The summed E-state index contributed by atoms with van der Waals surface area (Å²) < 4.78 is 90.3. The molecule has 0 heterocycles. The van der Waals surface area contributed by atoms with Crippen molar-refractivity contribution in [1.29, 1.82) is 0 Å². The highest BCUT2D eigenvalue weighted by Gasteiger charge is 2.39. The fourth-order valence-electron chi connectivity index (χ4n) is 1.83. The lowest BCUT2D eigenvalue weighted by atomic mass is 9.91. The van der Waals surface area contributed by atoms with Gasteiger partial charge in [-0.05, 0) is 32.4 Å². The van der Waals surface area contributed by atoms with Crippen molar-refractivity contribution in [3.05, 3.63) is 33.9 Å². The molecule has 0 aliphatic carbocycles. The van der Waals surface area contributed by atoms with Gasteiger partial charge in [-0.25, -0.2) is 13.2 Å². The molecule has 0 aliphatic heterocycles. The molecule has 0 spiro atoms. The summed E-state index contributed by atoms with van der Waals surface area (Å²) in [6.45, 7) is 4.65. The van der Waals surface area contributed by atoms with Crippen molar-refractivity contribution in [3.63, 3.8) is 0 Å². The van der Waals surface area contributed by atoms with Gasteiger partial charge in [0.05, 0.1) is 21.7 Å². The van der Waals surface area contributed by atoms with E-state index < -0.39 is 76.9 Å². The van der Waals surface area contributed by atoms with E-state index in [1.807, 2.05) is 0 Å². The van der Waals surface area contributed by atoms with Crippen LogP contribution in [0.5, 0.6) is 5.75 Å². The highest BCUT2D eigenvalue weighted by atomic mass is 32.2. The van der Waals surface area contributed by atoms with E-state index in [2.05, 4.69) is 8.92 Å². The zero-order valence-electron chi connectivity index (χ0n) is 16.9. The van der Waals surface area contributed by atoms with E-state index in [4.69, 9.17) is 0 Å². The second-order valence-electron chi connectivity index (χ2n) is 7.04. The number of alkyl halides is 2. The molecule has 0 bridgehead atoms. The summed E-state index contributed by atoms with van der Waals surface area (Å²) in [4.78, 5) is 34.1. The molecule has 1 rings (SSSR count). The number of nitro groups is 1. The van der Waals surface area contributed by atoms with Crippen LogP contribution in [0.2, 0.25) is 0 Å². The molecule has 0 unspecified atom stereocenters. The van der Waals surface area contributed by atoms with Gasteiger partial charge in [-0.1, -0.05) is 6.92 Å². The van der Waals surface area contributed by atoms with E-state index in [1.54, 1.807) is 6.92 Å². The second-order valence-corrected chi connectivity index (χ2v) is 10.2. The normalized spacial score (nSPS) is 12.8. The molecule has 0 saturated carbocycles. The summed E-state index contributed by atoms with van der Waals surface area (Å²) in [5, 5.41) is 6.31. The first-order chi connectivity index (χ1) is 14.3. The van der Waals surface area contributed by atoms with Crippen molar-refractivity contribution >= 4 is 37.9 Å². The maximum absolute atomic E-state index is 13.2. The summed E-state index contributed by atoms with van der Waals surface area (Å²) in [5.74, 6) is -4.83. The van der Waals surface area contributed by atoms with Crippen LogP contribution in [-0.4, -0.2) is 49.3 Å². The van der Waals surface area contributed by atoms with Crippen LogP contribution in [0.25, 0.3) is 0 Å². The van der Waals surface area contributed by atoms with Gasteiger partial charge in [0.1, 0.15) is 0 Å². The van der Waals surface area contributed by atoms with E-state index in [0.717, 1.165) is 6.07 Å². The second kappa shape index (κ2) is 9.41. The third-order valence-electron chi connectivity index (χ3n) is 4.24. The molecule has 0 aliphatic rings. The highest BCUT2D eigenvalue weighted by molar-refractivity contribution is 7.87. The van der Waals surface area contributed by atoms with Crippen LogP contribution in [0.15, 0.2) is 18.2 Å². The summed E-state index contributed by atoms with van der Waals surface area (Å²) >= 11 is 0. The minimum Gasteiger partial charge on any atom is -0.743 e. The van der Waals surface area contributed by atoms with Crippen molar-refractivity contribution in [2.75, 3.05) is 5.75 Å². The number of nitro benzene ring substituents is 1. The van der Waals surface area contributed by atoms with Crippen LogP contribution in [-0.2, 0) is 29.8 Å². The van der Waals surface area contributed by atoms with Crippen molar-refractivity contribution in [2.24, 2.45) is 5.41 Å². The van der Waals surface area contributed by atoms with E-state index in [1.165, 1.54) is 13.8 Å². The van der Waals surface area contributed by atoms with Crippen molar-refractivity contribution in [1.82, 2.24) is 0 Å². The lowest BCUT2D eigenvalue weighted by Gasteiger charge is -2.19. The van der Waals surface area contributed by atoms with Crippen LogP contribution in [0.4, 0.5) is 14.5 Å². The van der Waals surface area contributed by atoms with Crippen molar-refractivity contribution in [2.45, 2.75) is 38.9 Å². The molecule has 1 aromatic carbocycles. The third kappa shape index (κ3) is 6.89. The monoisotopic (exact) mass is 502 g/mol. The topological polar surface area (TPSA) is 187 Å². The Bertz CT molecular complexity index is 1130. The molecular formula is C16H18F2NO11S2-. The van der Waals surface area contributed by atoms with Crippen LogP contribution >= 0.6 is 0 Å². The van der Waals surface area contributed by atoms with Crippen molar-refractivity contribution < 1.29 is 53.6 Å². The Balaban J connectivity index is 3.13. The number of hydrogen-bond acceptors (Lipinski definition) is 11. The Labute approximate surface area is 181 Å². The minimum absolute atomic E-state index is 0.316. The summed E-state index contributed by atoms with van der Waals surface area (Å²) in [5.41, 5.74) is -2.63. The molecule has 0 amide bonds. The molecule has 0 radical (unpaired) electrons. The number of nitrogens with zero attached hydrogens (tertiary/aromatic N) is 1. The Morgan fingerprint density at radius 2 is 1.72 bits per heavy atom. The number of carbonyl (C=O) groups excluding carboxylic acids is 2. The van der Waals surface area contributed by atoms with E-state index >= 15 is 0 Å². The maximum atomic E-state index is 13.2.